The summed E-state index contributed by atoms with van der Waals surface area (Å²) in [5, 5.41) is 5.00. The Kier molecular flexibility index (Phi) is 8.02. The summed E-state index contributed by atoms with van der Waals surface area (Å²) < 4.78 is 0. The largest absolute Gasteiger partial charge is 0.272 e. The Labute approximate surface area is 178 Å². The molecule has 2 aromatic rings. The van der Waals surface area contributed by atoms with Gasteiger partial charge in [-0.3, -0.25) is 4.79 Å². The molecule has 0 atom stereocenters. The molecule has 2 aromatic carbocycles. The van der Waals surface area contributed by atoms with E-state index in [0.717, 1.165) is 17.3 Å². The quantitative estimate of drug-likeness (QED) is 0.168. The Morgan fingerprint density at radius 2 is 1.44 bits per heavy atom. The summed E-state index contributed by atoms with van der Waals surface area (Å²) in [6.07, 6.45) is 1.49. The van der Waals surface area contributed by atoms with Crippen LogP contribution in [0.2, 0.25) is 30.1 Å². The number of hydrogen-bond donors (Lipinski definition) is 1. The van der Waals surface area contributed by atoms with Crippen LogP contribution in [0.3, 0.4) is 0 Å². The Hall–Kier alpha value is -0.330. The molecule has 0 heterocycles. The molecule has 10 heteroatoms. The first-order valence-electron chi connectivity index (χ1n) is 6.53. The minimum absolute atomic E-state index is 0.00564. The summed E-state index contributed by atoms with van der Waals surface area (Å²) in [4.78, 5) is 12.2. The molecule has 0 aliphatic rings. The normalized spacial score (nSPS) is 11.1. The third-order valence-electron chi connectivity index (χ3n) is 2.79. The van der Waals surface area contributed by atoms with E-state index in [1.165, 1.54) is 6.21 Å². The highest BCUT2D eigenvalue weighted by Gasteiger charge is 2.20. The number of hydrogen-bond acceptors (Lipinski definition) is 3. The van der Waals surface area contributed by atoms with E-state index in [9.17, 15) is 4.79 Å². The fourth-order valence-electron chi connectivity index (χ4n) is 1.61. The van der Waals surface area contributed by atoms with Crippen molar-refractivity contribution in [1.29, 1.82) is 0 Å². The van der Waals surface area contributed by atoms with Crippen LogP contribution in [0.5, 0.6) is 0 Å². The number of amides is 1. The van der Waals surface area contributed by atoms with Crippen LogP contribution < -0.4 is 5.43 Å². The lowest BCUT2D eigenvalue weighted by Gasteiger charge is -2.11. The van der Waals surface area contributed by atoms with Gasteiger partial charge >= 0.3 is 0 Å². The number of thioether (sulfide) groups is 1. The smallest absolute Gasteiger partial charge is 0.250 e. The first-order chi connectivity index (χ1) is 11.8. The van der Waals surface area contributed by atoms with E-state index < -0.39 is 0 Å². The molecular formula is C15H8Cl6N2OS. The minimum Gasteiger partial charge on any atom is -0.272 e. The Morgan fingerprint density at radius 1 is 0.920 bits per heavy atom. The predicted octanol–water partition coefficient (Wildman–Crippen LogP) is 6.85. The summed E-state index contributed by atoms with van der Waals surface area (Å²) >= 11 is 36.9. The van der Waals surface area contributed by atoms with Gasteiger partial charge in [0, 0.05) is 9.92 Å². The molecule has 0 aromatic heterocycles. The third-order valence-corrected chi connectivity index (χ3v) is 6.65. The molecule has 1 N–H and O–H groups in total. The molecule has 1 amide bonds. The zero-order valence-electron chi connectivity index (χ0n) is 12.1. The summed E-state index contributed by atoms with van der Waals surface area (Å²) in [5.74, 6) is -0.351. The van der Waals surface area contributed by atoms with Gasteiger partial charge in [0.25, 0.3) is 0 Å². The summed E-state index contributed by atoms with van der Waals surface area (Å²) in [6.45, 7) is 0. The van der Waals surface area contributed by atoms with Crippen molar-refractivity contribution in [2.24, 2.45) is 5.10 Å². The standard InChI is InChI=1S/C15H8Cl6N2OS/c16-8-3-1-7(2-4-8)5-22-23-9(24)6-25-15-13(20)11(18)10(17)12(19)14(15)21/h1-5H,6H2,(H,23,24). The molecule has 0 spiro atoms. The van der Waals surface area contributed by atoms with E-state index in [2.05, 4.69) is 10.5 Å². The predicted molar refractivity (Wildman–Crippen MR) is 109 cm³/mol. The van der Waals surface area contributed by atoms with Gasteiger partial charge in [0.2, 0.25) is 5.91 Å². The van der Waals surface area contributed by atoms with Crippen LogP contribution in [-0.4, -0.2) is 17.9 Å². The van der Waals surface area contributed by atoms with E-state index in [1.54, 1.807) is 24.3 Å². The average Bonchev–Trinajstić information content (AvgIpc) is 2.60. The second-order valence-corrected chi connectivity index (χ2v) is 7.84. The molecule has 3 nitrogen and oxygen atoms in total. The molecule has 2 rings (SSSR count). The van der Waals surface area contributed by atoms with Crippen LogP contribution in [0.1, 0.15) is 5.56 Å². The lowest BCUT2D eigenvalue weighted by atomic mass is 10.2. The van der Waals surface area contributed by atoms with Gasteiger partial charge in [0.1, 0.15) is 0 Å². The van der Waals surface area contributed by atoms with E-state index in [-0.39, 0.29) is 36.8 Å². The Bertz CT molecular complexity index is 797. The van der Waals surface area contributed by atoms with Crippen LogP contribution in [0.15, 0.2) is 34.3 Å². The number of rotatable bonds is 5. The highest BCUT2D eigenvalue weighted by Crippen LogP contribution is 2.47. The maximum atomic E-state index is 11.9. The van der Waals surface area contributed by atoms with E-state index in [0.29, 0.717) is 9.92 Å². The molecule has 0 radical (unpaired) electrons. The van der Waals surface area contributed by atoms with Gasteiger partial charge in [-0.2, -0.15) is 5.10 Å². The van der Waals surface area contributed by atoms with Gasteiger partial charge in [-0.25, -0.2) is 5.43 Å². The van der Waals surface area contributed by atoms with Gasteiger partial charge in [0.15, 0.2) is 0 Å². The topological polar surface area (TPSA) is 41.5 Å². The molecule has 0 bridgehead atoms. The second-order valence-electron chi connectivity index (χ2n) is 4.53. The van der Waals surface area contributed by atoms with Gasteiger partial charge in [-0.15, -0.1) is 11.8 Å². The van der Waals surface area contributed by atoms with E-state index in [4.69, 9.17) is 69.6 Å². The molecule has 132 valence electrons. The van der Waals surface area contributed by atoms with Crippen molar-refractivity contribution >= 4 is 93.5 Å². The first kappa shape index (κ1) is 21.0. The van der Waals surface area contributed by atoms with Crippen molar-refractivity contribution in [3.8, 4) is 0 Å². The molecule has 0 unspecified atom stereocenters. The number of carbonyl (C=O) groups excluding carboxylic acids is 1. The number of nitrogens with one attached hydrogen (secondary N) is 1. The molecular weight excluding hydrogens is 469 g/mol. The summed E-state index contributed by atoms with van der Waals surface area (Å²) in [6, 6.07) is 6.98. The fraction of sp³-hybridized carbons (Fsp3) is 0.0667. The van der Waals surface area contributed by atoms with Crippen LogP contribution >= 0.6 is 81.4 Å². The molecule has 25 heavy (non-hydrogen) atoms. The van der Waals surface area contributed by atoms with Crippen LogP contribution in [0.25, 0.3) is 0 Å². The van der Waals surface area contributed by atoms with Crippen molar-refractivity contribution in [3.63, 3.8) is 0 Å². The molecule has 0 saturated heterocycles. The van der Waals surface area contributed by atoms with E-state index in [1.807, 2.05) is 0 Å². The minimum atomic E-state index is -0.357. The van der Waals surface area contributed by atoms with Gasteiger partial charge in [0.05, 0.1) is 37.1 Å². The summed E-state index contributed by atoms with van der Waals surface area (Å²) in [5.41, 5.74) is 3.19. The molecule has 0 fully saturated rings. The second kappa shape index (κ2) is 9.56. The SMILES string of the molecule is O=C(CSc1c(Cl)c(Cl)c(Cl)c(Cl)c1Cl)NN=Cc1ccc(Cl)cc1. The monoisotopic (exact) mass is 474 g/mol. The van der Waals surface area contributed by atoms with Gasteiger partial charge in [-0.05, 0) is 17.7 Å². The molecule has 0 aliphatic heterocycles. The van der Waals surface area contributed by atoms with Crippen molar-refractivity contribution in [2.45, 2.75) is 4.90 Å². The number of benzene rings is 2. The van der Waals surface area contributed by atoms with Gasteiger partial charge < -0.3 is 0 Å². The highest BCUT2D eigenvalue weighted by molar-refractivity contribution is 8.00. The van der Waals surface area contributed by atoms with Crippen LogP contribution in [0, 0.1) is 0 Å². The Balaban J connectivity index is 1.97. The summed E-state index contributed by atoms with van der Waals surface area (Å²) in [7, 11) is 0. The van der Waals surface area contributed by atoms with Crippen molar-refractivity contribution in [3.05, 3.63) is 60.0 Å². The molecule has 0 aliphatic carbocycles. The average molecular weight is 477 g/mol. The third kappa shape index (κ3) is 5.57. The molecule has 0 saturated carbocycles. The van der Waals surface area contributed by atoms with Crippen molar-refractivity contribution in [2.75, 3.05) is 5.75 Å². The van der Waals surface area contributed by atoms with Gasteiger partial charge in [-0.1, -0.05) is 81.7 Å². The fourth-order valence-corrected chi connectivity index (χ4v) is 4.11. The number of hydrazone groups is 1. The Morgan fingerprint density at radius 3 is 2.00 bits per heavy atom. The van der Waals surface area contributed by atoms with Crippen LogP contribution in [-0.2, 0) is 4.79 Å². The number of nitrogens with zero attached hydrogens (tertiary/aromatic N) is 1. The number of halogens is 6. The highest BCUT2D eigenvalue weighted by atomic mass is 35.5. The maximum absolute atomic E-state index is 11.9. The lowest BCUT2D eigenvalue weighted by Crippen LogP contribution is -2.19. The zero-order chi connectivity index (χ0) is 18.6. The van der Waals surface area contributed by atoms with Crippen LogP contribution in [0.4, 0.5) is 0 Å². The number of carbonyl (C=O) groups is 1. The van der Waals surface area contributed by atoms with Crippen molar-refractivity contribution < 1.29 is 4.79 Å². The first-order valence-corrected chi connectivity index (χ1v) is 9.78. The van der Waals surface area contributed by atoms with Crippen molar-refractivity contribution in [1.82, 2.24) is 5.43 Å². The lowest BCUT2D eigenvalue weighted by molar-refractivity contribution is -0.118. The zero-order valence-corrected chi connectivity index (χ0v) is 17.5. The van der Waals surface area contributed by atoms with E-state index >= 15 is 0 Å². The maximum Gasteiger partial charge on any atom is 0.250 e.